The average Bonchev–Trinajstić information content (AvgIpc) is 2.42. The van der Waals surface area contributed by atoms with Gasteiger partial charge in [0.1, 0.15) is 0 Å². The molecule has 1 fully saturated rings. The number of nitrogens with two attached hydrogens (primary N) is 1. The summed E-state index contributed by atoms with van der Waals surface area (Å²) in [4.78, 5) is 14.6. The number of rotatable bonds is 7. The molecule has 0 spiro atoms. The molecule has 0 aromatic carbocycles. The van der Waals surface area contributed by atoms with Crippen molar-refractivity contribution in [2.24, 2.45) is 5.73 Å². The number of likely N-dealkylation sites (tertiary alicyclic amines) is 1. The first-order valence-electron chi connectivity index (χ1n) is 8.55. The molecule has 6 heteroatoms. The summed E-state index contributed by atoms with van der Waals surface area (Å²) in [6.45, 7) is 10.6. The molecule has 126 valence electrons. The fraction of sp³-hybridized carbons (Fsp3) is 0.875. The van der Waals surface area contributed by atoms with E-state index in [1.54, 1.807) is 0 Å². The number of amides is 1. The van der Waals surface area contributed by atoms with E-state index in [1.807, 2.05) is 6.92 Å². The molecule has 0 bridgehead atoms. The molecule has 22 heavy (non-hydrogen) atoms. The van der Waals surface area contributed by atoms with Crippen LogP contribution in [-0.2, 0) is 4.79 Å². The fourth-order valence-electron chi connectivity index (χ4n) is 2.89. The molecule has 0 saturated carbocycles. The van der Waals surface area contributed by atoms with Crippen LogP contribution in [0.4, 0.5) is 0 Å². The van der Waals surface area contributed by atoms with E-state index in [1.165, 1.54) is 0 Å². The summed E-state index contributed by atoms with van der Waals surface area (Å²) in [5.41, 5.74) is 6.88. The molecule has 0 aromatic heterocycles. The number of carbonyl (C=O) groups is 1. The van der Waals surface area contributed by atoms with E-state index >= 15 is 0 Å². The van der Waals surface area contributed by atoms with Crippen molar-refractivity contribution in [1.82, 2.24) is 10.2 Å². The van der Waals surface area contributed by atoms with Gasteiger partial charge in [0.25, 0.3) is 0 Å². The molecule has 5 nitrogen and oxygen atoms in total. The Bertz CT molecular complexity index is 373. The lowest BCUT2D eigenvalue weighted by atomic mass is 9.68. The summed E-state index contributed by atoms with van der Waals surface area (Å²) in [6.07, 6.45) is 4.57. The number of carbonyl (C=O) groups excluding carboxylic acids is 1. The van der Waals surface area contributed by atoms with Crippen molar-refractivity contribution in [3.05, 3.63) is 0 Å². The molecule has 0 aliphatic carbocycles. The van der Waals surface area contributed by atoms with Gasteiger partial charge in [-0.25, -0.2) is 0 Å². The maximum absolute atomic E-state index is 12.1. The van der Waals surface area contributed by atoms with Crippen LogP contribution in [0, 0.1) is 5.41 Å². The normalized spacial score (nSPS) is 18.8. The van der Waals surface area contributed by atoms with Crippen LogP contribution < -0.4 is 11.1 Å². The molecule has 0 radical (unpaired) electrons. The predicted octanol–water partition coefficient (Wildman–Crippen LogP) is 1.32. The highest BCUT2D eigenvalue weighted by atomic mass is 16.2. The second-order valence-corrected chi connectivity index (χ2v) is 7.57. The molecular weight excluding hydrogens is 275 g/mol. The van der Waals surface area contributed by atoms with E-state index in [4.69, 9.17) is 11.1 Å². The quantitative estimate of drug-likeness (QED) is 0.377. The van der Waals surface area contributed by atoms with Crippen molar-refractivity contribution in [1.29, 1.82) is 5.41 Å². The van der Waals surface area contributed by atoms with Gasteiger partial charge < -0.3 is 16.5 Å². The third-order valence-electron chi connectivity index (χ3n) is 4.44. The van der Waals surface area contributed by atoms with Gasteiger partial charge in [0, 0.05) is 24.7 Å². The topological polar surface area (TPSA) is 82.2 Å². The van der Waals surface area contributed by atoms with Crippen LogP contribution >= 0.6 is 0 Å². The van der Waals surface area contributed by atoms with Gasteiger partial charge in [-0.2, -0.15) is 0 Å². The Morgan fingerprint density at radius 2 is 2.00 bits per heavy atom. The first kappa shape index (κ1) is 19.2. The predicted molar refractivity (Wildman–Crippen MR) is 95.1 cm³/mol. The minimum Gasteiger partial charge on any atom is -0.352 e. The van der Waals surface area contributed by atoms with E-state index in [0.29, 0.717) is 12.0 Å². The van der Waals surface area contributed by atoms with Crippen LogP contribution in [0.1, 0.15) is 53.4 Å². The molecule has 0 aromatic rings. The molecule has 1 rings (SSSR count). The summed E-state index contributed by atoms with van der Waals surface area (Å²) in [6, 6.07) is -0.146. The summed E-state index contributed by atoms with van der Waals surface area (Å²) in [5, 5.41) is 10.5. The van der Waals surface area contributed by atoms with E-state index in [9.17, 15) is 4.79 Å². The lowest BCUT2D eigenvalue weighted by Crippen LogP contribution is -2.53. The second-order valence-electron chi connectivity index (χ2n) is 7.57. The zero-order chi connectivity index (χ0) is 16.8. The fourth-order valence-corrected chi connectivity index (χ4v) is 2.89. The Morgan fingerprint density at radius 3 is 2.50 bits per heavy atom. The summed E-state index contributed by atoms with van der Waals surface area (Å²) in [5.74, 6) is -0.0132. The molecule has 0 unspecified atom stereocenters. The number of hydrogen-bond donors (Lipinski definition) is 3. The number of nitrogens with zero attached hydrogens (tertiary/aromatic N) is 1. The minimum absolute atomic E-state index is 0.0132. The number of nitrogens with one attached hydrogen (secondary N) is 2. The zero-order valence-corrected chi connectivity index (χ0v) is 14.7. The standard InChI is InChI=1S/C16H33BN4O/c1-12(18)17-9-5-6-14(19)15(22)20-13-7-10-21(11-8-13)16(2,3)4/h13-14,17-18H,5-11,19H2,1-4H3,(H,20,22)/t14-/m0/s1. The lowest BCUT2D eigenvalue weighted by molar-refractivity contribution is -0.123. The van der Waals surface area contributed by atoms with Gasteiger partial charge in [-0.1, -0.05) is 12.7 Å². The molecule has 1 saturated heterocycles. The second kappa shape index (κ2) is 8.68. The molecule has 1 aliphatic heterocycles. The highest BCUT2D eigenvalue weighted by Crippen LogP contribution is 2.20. The molecule has 1 amide bonds. The smallest absolute Gasteiger partial charge is 0.237 e. The Morgan fingerprint density at radius 1 is 1.41 bits per heavy atom. The Hall–Kier alpha value is -0.875. The van der Waals surface area contributed by atoms with Crippen molar-refractivity contribution in [2.45, 2.75) is 77.3 Å². The van der Waals surface area contributed by atoms with Crippen LogP contribution in [0.25, 0.3) is 0 Å². The van der Waals surface area contributed by atoms with E-state index in [-0.39, 0.29) is 17.5 Å². The molecule has 4 N–H and O–H groups in total. The van der Waals surface area contributed by atoms with E-state index in [2.05, 4.69) is 31.0 Å². The number of hydrogen-bond acceptors (Lipinski definition) is 4. The maximum atomic E-state index is 12.1. The monoisotopic (exact) mass is 308 g/mol. The Balaban J connectivity index is 2.24. The Labute approximate surface area is 136 Å². The third-order valence-corrected chi connectivity index (χ3v) is 4.44. The van der Waals surface area contributed by atoms with Gasteiger partial charge in [0.05, 0.1) is 6.04 Å². The summed E-state index contributed by atoms with van der Waals surface area (Å²) < 4.78 is 0. The minimum atomic E-state index is -0.410. The van der Waals surface area contributed by atoms with Gasteiger partial charge >= 0.3 is 0 Å². The molecule has 1 atom stereocenters. The van der Waals surface area contributed by atoms with Gasteiger partial charge in [-0.05, 0) is 52.6 Å². The van der Waals surface area contributed by atoms with Gasteiger partial charge in [-0.3, -0.25) is 9.69 Å². The maximum Gasteiger partial charge on any atom is 0.237 e. The molecular formula is C16H33BN4O. The lowest BCUT2D eigenvalue weighted by Gasteiger charge is -2.41. The Kier molecular flexibility index (Phi) is 7.56. The van der Waals surface area contributed by atoms with Crippen LogP contribution in [0.2, 0.25) is 6.32 Å². The van der Waals surface area contributed by atoms with Crippen LogP contribution in [0.15, 0.2) is 0 Å². The van der Waals surface area contributed by atoms with Crippen molar-refractivity contribution < 1.29 is 4.79 Å². The SMILES string of the molecule is CC(=N)BCCC[C@H](N)C(=O)NC1CCN(C(C)(C)C)CC1. The highest BCUT2D eigenvalue weighted by Gasteiger charge is 2.28. The summed E-state index contributed by atoms with van der Waals surface area (Å²) in [7, 11) is 0.805. The van der Waals surface area contributed by atoms with Crippen LogP contribution in [-0.4, -0.2) is 54.4 Å². The molecule has 1 heterocycles. The average molecular weight is 308 g/mol. The van der Waals surface area contributed by atoms with Gasteiger partial charge in [-0.15, -0.1) is 0 Å². The van der Waals surface area contributed by atoms with Crippen LogP contribution in [0.5, 0.6) is 0 Å². The van der Waals surface area contributed by atoms with Crippen molar-refractivity contribution in [3.63, 3.8) is 0 Å². The number of piperidine rings is 1. The van der Waals surface area contributed by atoms with Gasteiger partial charge in [0.15, 0.2) is 7.28 Å². The largest absolute Gasteiger partial charge is 0.352 e. The van der Waals surface area contributed by atoms with Crippen molar-refractivity contribution in [3.8, 4) is 0 Å². The zero-order valence-electron chi connectivity index (χ0n) is 14.7. The molecule has 1 aliphatic rings. The van der Waals surface area contributed by atoms with E-state index in [0.717, 1.165) is 46.0 Å². The first-order chi connectivity index (χ1) is 10.2. The summed E-state index contributed by atoms with van der Waals surface area (Å²) >= 11 is 0. The highest BCUT2D eigenvalue weighted by molar-refractivity contribution is 6.74. The first-order valence-corrected chi connectivity index (χ1v) is 8.55. The third kappa shape index (κ3) is 6.92. The van der Waals surface area contributed by atoms with Crippen molar-refractivity contribution in [2.75, 3.05) is 13.1 Å². The van der Waals surface area contributed by atoms with Crippen LogP contribution in [0.3, 0.4) is 0 Å². The van der Waals surface area contributed by atoms with Gasteiger partial charge in [0.2, 0.25) is 5.91 Å². The van der Waals surface area contributed by atoms with E-state index < -0.39 is 6.04 Å². The van der Waals surface area contributed by atoms with Crippen molar-refractivity contribution >= 4 is 18.8 Å².